The lowest BCUT2D eigenvalue weighted by Crippen LogP contribution is -2.44. The smallest absolute Gasteiger partial charge is 0.332 e. The predicted molar refractivity (Wildman–Crippen MR) is 135 cm³/mol. The molecular formula is C24H31N7O4. The molecule has 0 aliphatic carbocycles. The molecule has 0 spiro atoms. The number of piperidine rings is 1. The van der Waals surface area contributed by atoms with Gasteiger partial charge in [-0.2, -0.15) is 4.98 Å². The molecule has 3 aromatic rings. The maximum atomic E-state index is 13.7. The van der Waals surface area contributed by atoms with E-state index < -0.39 is 16.2 Å². The molecule has 0 bridgehead atoms. The number of allylic oxidation sites excluding steroid dienone is 2. The van der Waals surface area contributed by atoms with E-state index >= 15 is 0 Å². The van der Waals surface area contributed by atoms with Gasteiger partial charge in [0.2, 0.25) is 5.95 Å². The summed E-state index contributed by atoms with van der Waals surface area (Å²) in [6, 6.07) is 6.38. The minimum absolute atomic E-state index is 0.0163. The third-order valence-corrected chi connectivity index (χ3v) is 6.43. The standard InChI is InChI=1S/C24H31N7O4/c1-16(2)10-13-29-20-21(26-23(29)28-12-6-8-18(25)15-28)27(3)24(33)30(22(20)32)14-11-17-7-4-5-9-19(17)31(34)35/h4-5,7,9-10,18H,6,8,11-15,25H2,1-3H3. The fraction of sp³-hybridized carbons (Fsp3) is 0.458. The summed E-state index contributed by atoms with van der Waals surface area (Å²) in [4.78, 5) is 44.6. The number of fused-ring (bicyclic) bond motifs is 1. The van der Waals surface area contributed by atoms with Crippen molar-refractivity contribution in [3.8, 4) is 0 Å². The van der Waals surface area contributed by atoms with Gasteiger partial charge >= 0.3 is 5.69 Å². The van der Waals surface area contributed by atoms with Gasteiger partial charge in [-0.15, -0.1) is 0 Å². The Morgan fingerprint density at radius 1 is 1.26 bits per heavy atom. The molecule has 2 aromatic heterocycles. The Hall–Kier alpha value is -3.73. The topological polar surface area (TPSA) is 134 Å². The summed E-state index contributed by atoms with van der Waals surface area (Å²) in [6.45, 7) is 5.80. The normalized spacial score (nSPS) is 16.0. The summed E-state index contributed by atoms with van der Waals surface area (Å²) in [5.74, 6) is 0.621. The van der Waals surface area contributed by atoms with E-state index in [-0.39, 0.29) is 24.7 Å². The van der Waals surface area contributed by atoms with Crippen LogP contribution in [0.2, 0.25) is 0 Å². The largest absolute Gasteiger partial charge is 0.341 e. The second kappa shape index (κ2) is 9.87. The fourth-order valence-electron chi connectivity index (χ4n) is 4.57. The van der Waals surface area contributed by atoms with E-state index in [1.54, 1.807) is 25.2 Å². The molecule has 1 fully saturated rings. The third-order valence-electron chi connectivity index (χ3n) is 6.43. The van der Waals surface area contributed by atoms with Crippen molar-refractivity contribution in [3.05, 3.63) is 72.4 Å². The van der Waals surface area contributed by atoms with Crippen LogP contribution in [0.5, 0.6) is 0 Å². The van der Waals surface area contributed by atoms with Gasteiger partial charge in [-0.3, -0.25) is 24.0 Å². The first-order chi connectivity index (χ1) is 16.7. The molecule has 1 aliphatic rings. The minimum Gasteiger partial charge on any atom is -0.341 e. The van der Waals surface area contributed by atoms with E-state index in [0.29, 0.717) is 35.8 Å². The zero-order valence-electron chi connectivity index (χ0n) is 20.3. The number of nitro benzene ring substituents is 1. The van der Waals surface area contributed by atoms with E-state index in [1.807, 2.05) is 24.5 Å². The summed E-state index contributed by atoms with van der Waals surface area (Å²) in [7, 11) is 1.59. The van der Waals surface area contributed by atoms with Gasteiger partial charge in [0.25, 0.3) is 11.2 Å². The third kappa shape index (κ3) is 4.76. The van der Waals surface area contributed by atoms with E-state index in [0.717, 1.165) is 29.5 Å². The maximum Gasteiger partial charge on any atom is 0.332 e. The molecule has 0 saturated carbocycles. The molecule has 1 unspecified atom stereocenters. The summed E-state index contributed by atoms with van der Waals surface area (Å²) >= 11 is 0. The number of aromatic nitrogens is 4. The number of anilines is 1. The highest BCUT2D eigenvalue weighted by molar-refractivity contribution is 5.74. The number of hydrogen-bond donors (Lipinski definition) is 1. The molecule has 1 atom stereocenters. The van der Waals surface area contributed by atoms with Crippen molar-refractivity contribution in [2.45, 2.75) is 52.2 Å². The highest BCUT2D eigenvalue weighted by atomic mass is 16.6. The SMILES string of the molecule is CC(C)=CCn1c(N2CCCC(N)C2)nc2c1c(=O)n(CCc1ccccc1[N+](=O)[O-])c(=O)n2C. The Balaban J connectivity index is 1.84. The van der Waals surface area contributed by atoms with Gasteiger partial charge in [-0.05, 0) is 33.1 Å². The molecular weight excluding hydrogens is 450 g/mol. The molecule has 2 N–H and O–H groups in total. The number of benzene rings is 1. The first-order valence-corrected chi connectivity index (χ1v) is 11.7. The quantitative estimate of drug-likeness (QED) is 0.310. The van der Waals surface area contributed by atoms with E-state index in [9.17, 15) is 19.7 Å². The number of aryl methyl sites for hydroxylation is 2. The highest BCUT2D eigenvalue weighted by Crippen LogP contribution is 2.23. The lowest BCUT2D eigenvalue weighted by Gasteiger charge is -2.31. The zero-order chi connectivity index (χ0) is 25.3. The van der Waals surface area contributed by atoms with Gasteiger partial charge in [0, 0.05) is 50.9 Å². The monoisotopic (exact) mass is 481 g/mol. The van der Waals surface area contributed by atoms with Crippen molar-refractivity contribution in [1.29, 1.82) is 0 Å². The number of nitrogens with zero attached hydrogens (tertiary/aromatic N) is 6. The summed E-state index contributed by atoms with van der Waals surface area (Å²) in [5, 5.41) is 11.4. The number of nitrogens with two attached hydrogens (primary N) is 1. The Morgan fingerprint density at radius 3 is 2.69 bits per heavy atom. The molecule has 186 valence electrons. The van der Waals surface area contributed by atoms with Crippen molar-refractivity contribution >= 4 is 22.8 Å². The number of rotatable bonds is 7. The van der Waals surface area contributed by atoms with Gasteiger partial charge in [-0.25, -0.2) is 4.79 Å². The van der Waals surface area contributed by atoms with Gasteiger partial charge in [0.1, 0.15) is 0 Å². The Labute approximate surface area is 202 Å². The fourth-order valence-corrected chi connectivity index (χ4v) is 4.57. The lowest BCUT2D eigenvalue weighted by atomic mass is 10.1. The number of nitro groups is 1. The van der Waals surface area contributed by atoms with Crippen molar-refractivity contribution < 1.29 is 4.92 Å². The molecule has 11 nitrogen and oxygen atoms in total. The van der Waals surface area contributed by atoms with Gasteiger partial charge in [0.15, 0.2) is 11.2 Å². The Bertz CT molecular complexity index is 1410. The zero-order valence-corrected chi connectivity index (χ0v) is 20.3. The summed E-state index contributed by atoms with van der Waals surface area (Å²) < 4.78 is 4.37. The van der Waals surface area contributed by atoms with Gasteiger partial charge in [0.05, 0.1) is 4.92 Å². The summed E-state index contributed by atoms with van der Waals surface area (Å²) in [5.41, 5.74) is 7.42. The molecule has 1 saturated heterocycles. The minimum atomic E-state index is -0.505. The van der Waals surface area contributed by atoms with Crippen LogP contribution in [0.1, 0.15) is 32.3 Å². The van der Waals surface area contributed by atoms with Crippen molar-refractivity contribution in [2.75, 3.05) is 18.0 Å². The number of imidazole rings is 1. The van der Waals surface area contributed by atoms with Crippen LogP contribution in [-0.4, -0.2) is 42.7 Å². The molecule has 0 amide bonds. The van der Waals surface area contributed by atoms with Crippen LogP contribution >= 0.6 is 0 Å². The average Bonchev–Trinajstić information content (AvgIpc) is 3.21. The van der Waals surface area contributed by atoms with Crippen LogP contribution in [0, 0.1) is 10.1 Å². The second-order valence-corrected chi connectivity index (χ2v) is 9.26. The highest BCUT2D eigenvalue weighted by Gasteiger charge is 2.26. The van der Waals surface area contributed by atoms with E-state index in [1.165, 1.54) is 10.6 Å². The van der Waals surface area contributed by atoms with E-state index in [4.69, 9.17) is 10.7 Å². The van der Waals surface area contributed by atoms with E-state index in [2.05, 4.69) is 4.90 Å². The molecule has 35 heavy (non-hydrogen) atoms. The first kappa shape index (κ1) is 24.4. The Morgan fingerprint density at radius 2 is 2.00 bits per heavy atom. The Kier molecular flexibility index (Phi) is 6.88. The maximum absolute atomic E-state index is 13.7. The number of para-hydroxylation sites is 1. The van der Waals surface area contributed by atoms with Crippen LogP contribution < -0.4 is 21.9 Å². The molecule has 11 heteroatoms. The first-order valence-electron chi connectivity index (χ1n) is 11.7. The molecule has 3 heterocycles. The van der Waals surface area contributed by atoms with Crippen LogP contribution in [0.15, 0.2) is 45.5 Å². The lowest BCUT2D eigenvalue weighted by molar-refractivity contribution is -0.385. The second-order valence-electron chi connectivity index (χ2n) is 9.26. The molecule has 1 aliphatic heterocycles. The van der Waals surface area contributed by atoms with Crippen molar-refractivity contribution in [1.82, 2.24) is 18.7 Å². The molecule has 0 radical (unpaired) electrons. The summed E-state index contributed by atoms with van der Waals surface area (Å²) in [6.07, 6.45) is 4.04. The predicted octanol–water partition coefficient (Wildman–Crippen LogP) is 1.94. The average molecular weight is 482 g/mol. The molecule has 4 rings (SSSR count). The van der Waals surface area contributed by atoms with Crippen molar-refractivity contribution in [3.63, 3.8) is 0 Å². The van der Waals surface area contributed by atoms with Gasteiger partial charge < -0.3 is 15.2 Å². The van der Waals surface area contributed by atoms with Gasteiger partial charge in [-0.1, -0.05) is 29.8 Å². The van der Waals surface area contributed by atoms with Crippen LogP contribution in [0.3, 0.4) is 0 Å². The van der Waals surface area contributed by atoms with Crippen molar-refractivity contribution in [2.24, 2.45) is 12.8 Å². The van der Waals surface area contributed by atoms with Crippen LogP contribution in [-0.2, 0) is 26.6 Å². The van der Waals surface area contributed by atoms with Crippen LogP contribution in [0.25, 0.3) is 11.2 Å². The van der Waals surface area contributed by atoms with Crippen LogP contribution in [0.4, 0.5) is 11.6 Å². The number of hydrogen-bond acceptors (Lipinski definition) is 7. The molecule has 1 aromatic carbocycles.